The zero-order valence-corrected chi connectivity index (χ0v) is 11.6. The molecular formula is C12H19IN2. The second-order valence-electron chi connectivity index (χ2n) is 3.94. The van der Waals surface area contributed by atoms with E-state index in [-0.39, 0.29) is 0 Å². The number of halogens is 1. The smallest absolute Gasteiger partial charge is 0.0247 e. The Bertz CT molecular complexity index is 299. The van der Waals surface area contributed by atoms with Crippen LogP contribution in [0.1, 0.15) is 19.4 Å². The first-order chi connectivity index (χ1) is 7.15. The van der Waals surface area contributed by atoms with Gasteiger partial charge in [-0.15, -0.1) is 0 Å². The summed E-state index contributed by atoms with van der Waals surface area (Å²) in [6.45, 7) is 7.11. The zero-order valence-electron chi connectivity index (χ0n) is 9.41. The normalized spacial score (nSPS) is 11.3. The number of benzene rings is 1. The predicted molar refractivity (Wildman–Crippen MR) is 73.8 cm³/mol. The molecular weight excluding hydrogens is 299 g/mol. The fourth-order valence-corrected chi connectivity index (χ4v) is 2.09. The number of hydrogen-bond donors (Lipinski definition) is 1. The second-order valence-corrected chi connectivity index (χ2v) is 5.11. The van der Waals surface area contributed by atoms with Crippen LogP contribution >= 0.6 is 22.6 Å². The van der Waals surface area contributed by atoms with Gasteiger partial charge in [0.25, 0.3) is 0 Å². The van der Waals surface area contributed by atoms with E-state index in [0.717, 1.165) is 19.6 Å². The SMILES string of the molecule is CC(C)N(CCN)Cc1ccccc1I. The minimum Gasteiger partial charge on any atom is -0.329 e. The van der Waals surface area contributed by atoms with Gasteiger partial charge in [-0.1, -0.05) is 18.2 Å². The van der Waals surface area contributed by atoms with E-state index in [2.05, 4.69) is 65.6 Å². The van der Waals surface area contributed by atoms with E-state index in [9.17, 15) is 0 Å². The van der Waals surface area contributed by atoms with E-state index >= 15 is 0 Å². The van der Waals surface area contributed by atoms with Crippen LogP contribution in [0.15, 0.2) is 24.3 Å². The molecule has 0 bridgehead atoms. The van der Waals surface area contributed by atoms with Gasteiger partial charge < -0.3 is 5.73 Å². The molecule has 1 rings (SSSR count). The Kier molecular flexibility index (Phi) is 5.56. The van der Waals surface area contributed by atoms with Crippen molar-refractivity contribution in [3.63, 3.8) is 0 Å². The number of rotatable bonds is 5. The van der Waals surface area contributed by atoms with Crippen LogP contribution in [0.25, 0.3) is 0 Å². The Morgan fingerprint density at radius 3 is 2.53 bits per heavy atom. The highest BCUT2D eigenvalue weighted by Crippen LogP contribution is 2.14. The van der Waals surface area contributed by atoms with Crippen molar-refractivity contribution in [2.45, 2.75) is 26.4 Å². The Morgan fingerprint density at radius 2 is 2.00 bits per heavy atom. The molecule has 3 heteroatoms. The van der Waals surface area contributed by atoms with Gasteiger partial charge in [-0.3, -0.25) is 4.90 Å². The molecule has 0 unspecified atom stereocenters. The lowest BCUT2D eigenvalue weighted by Crippen LogP contribution is -2.34. The van der Waals surface area contributed by atoms with E-state index in [1.807, 2.05) is 0 Å². The third kappa shape index (κ3) is 4.09. The van der Waals surface area contributed by atoms with Crippen LogP contribution in [0.5, 0.6) is 0 Å². The Labute approximate surface area is 106 Å². The molecule has 1 aromatic carbocycles. The molecule has 0 heterocycles. The summed E-state index contributed by atoms with van der Waals surface area (Å²) in [7, 11) is 0. The highest BCUT2D eigenvalue weighted by atomic mass is 127. The monoisotopic (exact) mass is 318 g/mol. The average molecular weight is 318 g/mol. The predicted octanol–water partition coefficient (Wildman–Crippen LogP) is 2.46. The van der Waals surface area contributed by atoms with Gasteiger partial charge in [-0.2, -0.15) is 0 Å². The third-order valence-electron chi connectivity index (χ3n) is 2.48. The molecule has 0 radical (unpaired) electrons. The van der Waals surface area contributed by atoms with Gasteiger partial charge >= 0.3 is 0 Å². The molecule has 0 spiro atoms. The molecule has 0 aliphatic heterocycles. The molecule has 0 fully saturated rings. The van der Waals surface area contributed by atoms with Gasteiger partial charge in [0.1, 0.15) is 0 Å². The van der Waals surface area contributed by atoms with Crippen LogP contribution in [-0.4, -0.2) is 24.0 Å². The zero-order chi connectivity index (χ0) is 11.3. The quantitative estimate of drug-likeness (QED) is 0.845. The highest BCUT2D eigenvalue weighted by molar-refractivity contribution is 14.1. The van der Waals surface area contributed by atoms with Crippen molar-refractivity contribution in [3.8, 4) is 0 Å². The first-order valence-corrected chi connectivity index (χ1v) is 6.40. The van der Waals surface area contributed by atoms with Crippen molar-refractivity contribution >= 4 is 22.6 Å². The number of nitrogens with two attached hydrogens (primary N) is 1. The summed E-state index contributed by atoms with van der Waals surface area (Å²) in [5.74, 6) is 0. The van der Waals surface area contributed by atoms with Crippen molar-refractivity contribution in [2.75, 3.05) is 13.1 Å². The molecule has 1 aromatic rings. The molecule has 0 atom stereocenters. The van der Waals surface area contributed by atoms with Gasteiger partial charge in [-0.05, 0) is 48.1 Å². The molecule has 84 valence electrons. The Hall–Kier alpha value is -0.130. The molecule has 0 amide bonds. The average Bonchev–Trinajstić information content (AvgIpc) is 2.20. The molecule has 0 aliphatic carbocycles. The maximum Gasteiger partial charge on any atom is 0.0247 e. The molecule has 2 nitrogen and oxygen atoms in total. The second kappa shape index (κ2) is 6.45. The molecule has 0 aromatic heterocycles. The van der Waals surface area contributed by atoms with Crippen molar-refractivity contribution in [2.24, 2.45) is 5.73 Å². The summed E-state index contributed by atoms with van der Waals surface area (Å²) < 4.78 is 1.33. The van der Waals surface area contributed by atoms with Crippen molar-refractivity contribution in [1.29, 1.82) is 0 Å². The summed E-state index contributed by atoms with van der Waals surface area (Å²) >= 11 is 2.39. The van der Waals surface area contributed by atoms with Crippen LogP contribution in [-0.2, 0) is 6.54 Å². The first-order valence-electron chi connectivity index (χ1n) is 5.32. The summed E-state index contributed by atoms with van der Waals surface area (Å²) in [6.07, 6.45) is 0. The van der Waals surface area contributed by atoms with Crippen molar-refractivity contribution < 1.29 is 0 Å². The first kappa shape index (κ1) is 12.9. The van der Waals surface area contributed by atoms with Crippen LogP contribution < -0.4 is 5.73 Å². The molecule has 0 saturated carbocycles. The van der Waals surface area contributed by atoms with Crippen LogP contribution in [0.4, 0.5) is 0 Å². The van der Waals surface area contributed by atoms with Crippen molar-refractivity contribution in [1.82, 2.24) is 4.90 Å². The summed E-state index contributed by atoms with van der Waals surface area (Å²) in [5.41, 5.74) is 7.00. The summed E-state index contributed by atoms with van der Waals surface area (Å²) in [6, 6.07) is 9.06. The van der Waals surface area contributed by atoms with Crippen LogP contribution in [0.3, 0.4) is 0 Å². The van der Waals surface area contributed by atoms with Crippen LogP contribution in [0.2, 0.25) is 0 Å². The van der Waals surface area contributed by atoms with E-state index in [4.69, 9.17) is 5.73 Å². The summed E-state index contributed by atoms with van der Waals surface area (Å²) in [4.78, 5) is 2.40. The molecule has 0 aliphatic rings. The topological polar surface area (TPSA) is 29.3 Å². The van der Waals surface area contributed by atoms with Gasteiger partial charge in [-0.25, -0.2) is 0 Å². The standard InChI is InChI=1S/C12H19IN2/c1-10(2)15(8-7-14)9-11-5-3-4-6-12(11)13/h3-6,10H,7-9,14H2,1-2H3. The lowest BCUT2D eigenvalue weighted by Gasteiger charge is -2.26. The molecule has 0 saturated heterocycles. The Balaban J connectivity index is 2.69. The highest BCUT2D eigenvalue weighted by Gasteiger charge is 2.10. The molecule has 15 heavy (non-hydrogen) atoms. The minimum atomic E-state index is 0.546. The lowest BCUT2D eigenvalue weighted by atomic mass is 10.2. The van der Waals surface area contributed by atoms with E-state index < -0.39 is 0 Å². The van der Waals surface area contributed by atoms with Gasteiger partial charge in [0, 0.05) is 29.2 Å². The van der Waals surface area contributed by atoms with Crippen molar-refractivity contribution in [3.05, 3.63) is 33.4 Å². The number of nitrogens with zero attached hydrogens (tertiary/aromatic N) is 1. The van der Waals surface area contributed by atoms with Crippen LogP contribution in [0, 0.1) is 3.57 Å². The lowest BCUT2D eigenvalue weighted by molar-refractivity contribution is 0.219. The molecule has 2 N–H and O–H groups in total. The van der Waals surface area contributed by atoms with Gasteiger partial charge in [0.15, 0.2) is 0 Å². The number of hydrogen-bond acceptors (Lipinski definition) is 2. The Morgan fingerprint density at radius 1 is 1.33 bits per heavy atom. The maximum absolute atomic E-state index is 5.62. The van der Waals surface area contributed by atoms with E-state index in [1.165, 1.54) is 9.13 Å². The van der Waals surface area contributed by atoms with E-state index in [1.54, 1.807) is 0 Å². The third-order valence-corrected chi connectivity index (χ3v) is 3.53. The van der Waals surface area contributed by atoms with Gasteiger partial charge in [0.05, 0.1) is 0 Å². The maximum atomic E-state index is 5.62. The largest absolute Gasteiger partial charge is 0.329 e. The summed E-state index contributed by atoms with van der Waals surface area (Å²) in [5, 5.41) is 0. The fraction of sp³-hybridized carbons (Fsp3) is 0.500. The van der Waals surface area contributed by atoms with Gasteiger partial charge in [0.2, 0.25) is 0 Å². The van der Waals surface area contributed by atoms with E-state index in [0.29, 0.717) is 6.04 Å². The fourth-order valence-electron chi connectivity index (χ4n) is 1.53. The minimum absolute atomic E-state index is 0.546.